The van der Waals surface area contributed by atoms with Crippen LogP contribution in [0.1, 0.15) is 31.2 Å². The van der Waals surface area contributed by atoms with Crippen molar-refractivity contribution in [1.29, 1.82) is 0 Å². The molecule has 0 fully saturated rings. The standard InChI is InChI=1S/C30H27N3O9S/c1-6-41-29(35)26-16(2)31-30-32(27(26)21-14-18(38-3)8-11-23(21)40-5)28(34)25(43-30)15-19-9-12-24(42-19)20-13-17(33(36)37)7-10-22(20)39-4/h7-15,27H,6H2,1-5H3/b25-15+/t27-/m0/s1. The minimum atomic E-state index is -0.913. The minimum absolute atomic E-state index is 0.122. The van der Waals surface area contributed by atoms with Crippen LogP contribution in [0.3, 0.4) is 0 Å². The summed E-state index contributed by atoms with van der Waals surface area (Å²) in [5.74, 6) is 1.38. The summed E-state index contributed by atoms with van der Waals surface area (Å²) >= 11 is 1.12. The average Bonchev–Trinajstić information content (AvgIpc) is 3.59. The highest BCUT2D eigenvalue weighted by Gasteiger charge is 2.35. The lowest BCUT2D eigenvalue weighted by Gasteiger charge is -2.26. The number of benzene rings is 2. The van der Waals surface area contributed by atoms with E-state index in [0.29, 0.717) is 50.4 Å². The summed E-state index contributed by atoms with van der Waals surface area (Å²) in [5.41, 5.74) is 0.966. The second-order valence-electron chi connectivity index (χ2n) is 9.25. The Balaban J connectivity index is 1.67. The van der Waals surface area contributed by atoms with Crippen LogP contribution in [0.4, 0.5) is 5.69 Å². The molecular weight excluding hydrogens is 578 g/mol. The summed E-state index contributed by atoms with van der Waals surface area (Å²) in [5, 5.41) is 11.3. The van der Waals surface area contributed by atoms with Gasteiger partial charge in [-0.25, -0.2) is 9.79 Å². The zero-order valence-electron chi connectivity index (χ0n) is 23.9. The van der Waals surface area contributed by atoms with E-state index in [1.165, 1.54) is 44.1 Å². The first-order chi connectivity index (χ1) is 20.7. The second-order valence-corrected chi connectivity index (χ2v) is 10.3. The van der Waals surface area contributed by atoms with Gasteiger partial charge in [-0.1, -0.05) is 11.3 Å². The van der Waals surface area contributed by atoms with E-state index in [1.807, 2.05) is 0 Å². The lowest BCUT2D eigenvalue weighted by molar-refractivity contribution is -0.384. The third-order valence-electron chi connectivity index (χ3n) is 6.81. The van der Waals surface area contributed by atoms with E-state index in [2.05, 4.69) is 4.99 Å². The molecule has 0 aliphatic carbocycles. The third-order valence-corrected chi connectivity index (χ3v) is 7.79. The van der Waals surface area contributed by atoms with Gasteiger partial charge >= 0.3 is 5.97 Å². The number of non-ortho nitro benzene ring substituents is 1. The quantitative estimate of drug-likeness (QED) is 0.157. The first-order valence-electron chi connectivity index (χ1n) is 13.0. The molecule has 0 unspecified atom stereocenters. The molecule has 0 bridgehead atoms. The van der Waals surface area contributed by atoms with Crippen LogP contribution in [0.25, 0.3) is 17.4 Å². The average molecular weight is 606 g/mol. The van der Waals surface area contributed by atoms with E-state index < -0.39 is 22.5 Å². The molecule has 0 saturated heterocycles. The third kappa shape index (κ3) is 5.42. The van der Waals surface area contributed by atoms with Gasteiger partial charge in [-0.05, 0) is 50.2 Å². The number of aromatic nitrogens is 1. The highest BCUT2D eigenvalue weighted by atomic mass is 32.1. The summed E-state index contributed by atoms with van der Waals surface area (Å²) in [7, 11) is 4.47. The van der Waals surface area contributed by atoms with E-state index in [-0.39, 0.29) is 22.4 Å². The number of carbonyl (C=O) groups is 1. The minimum Gasteiger partial charge on any atom is -0.497 e. The highest BCUT2D eigenvalue weighted by molar-refractivity contribution is 7.07. The maximum atomic E-state index is 14.0. The summed E-state index contributed by atoms with van der Waals surface area (Å²) in [6.07, 6.45) is 1.56. The molecule has 0 saturated carbocycles. The van der Waals surface area contributed by atoms with Crippen LogP contribution in [0.2, 0.25) is 0 Å². The topological polar surface area (TPSA) is 145 Å². The Labute approximate surface area is 248 Å². The van der Waals surface area contributed by atoms with Crippen LogP contribution < -0.4 is 29.1 Å². The maximum Gasteiger partial charge on any atom is 0.338 e. The van der Waals surface area contributed by atoms with E-state index in [9.17, 15) is 19.7 Å². The van der Waals surface area contributed by atoms with E-state index in [4.69, 9.17) is 23.4 Å². The number of nitrogens with zero attached hydrogens (tertiary/aromatic N) is 3. The van der Waals surface area contributed by atoms with Crippen molar-refractivity contribution in [3.63, 3.8) is 0 Å². The Kier molecular flexibility index (Phi) is 8.17. The lowest BCUT2D eigenvalue weighted by Crippen LogP contribution is -2.40. The van der Waals surface area contributed by atoms with Crippen LogP contribution in [-0.2, 0) is 9.53 Å². The highest BCUT2D eigenvalue weighted by Crippen LogP contribution is 2.38. The molecule has 2 aromatic carbocycles. The molecule has 0 N–H and O–H groups in total. The number of hydrogen-bond acceptors (Lipinski definition) is 11. The first kappa shape index (κ1) is 29.3. The molecule has 43 heavy (non-hydrogen) atoms. The van der Waals surface area contributed by atoms with Crippen molar-refractivity contribution in [2.24, 2.45) is 4.99 Å². The van der Waals surface area contributed by atoms with E-state index in [0.717, 1.165) is 11.3 Å². The zero-order chi connectivity index (χ0) is 30.8. The second kappa shape index (κ2) is 12.0. The number of fused-ring (bicyclic) bond motifs is 1. The summed E-state index contributed by atoms with van der Waals surface area (Å²) in [4.78, 5) is 43.0. The normalized spacial score (nSPS) is 14.6. The molecule has 1 atom stereocenters. The van der Waals surface area contributed by atoms with Gasteiger partial charge in [0.1, 0.15) is 34.8 Å². The smallest absolute Gasteiger partial charge is 0.338 e. The largest absolute Gasteiger partial charge is 0.497 e. The predicted molar refractivity (Wildman–Crippen MR) is 157 cm³/mol. The fourth-order valence-electron chi connectivity index (χ4n) is 4.85. The van der Waals surface area contributed by atoms with Crippen LogP contribution in [0.15, 0.2) is 74.0 Å². The monoisotopic (exact) mass is 605 g/mol. The number of carbonyl (C=O) groups excluding carboxylic acids is 1. The molecule has 2 aromatic heterocycles. The number of rotatable bonds is 9. The van der Waals surface area contributed by atoms with Crippen molar-refractivity contribution in [3.8, 4) is 28.6 Å². The molecule has 13 heteroatoms. The van der Waals surface area contributed by atoms with Crippen molar-refractivity contribution in [2.75, 3.05) is 27.9 Å². The number of methoxy groups -OCH3 is 3. The molecule has 1 aliphatic heterocycles. The fourth-order valence-corrected chi connectivity index (χ4v) is 5.87. The van der Waals surface area contributed by atoms with Gasteiger partial charge < -0.3 is 23.4 Å². The van der Waals surface area contributed by atoms with Crippen molar-refractivity contribution >= 4 is 29.1 Å². The van der Waals surface area contributed by atoms with Crippen molar-refractivity contribution in [3.05, 3.63) is 101 Å². The Morgan fingerprint density at radius 3 is 2.51 bits per heavy atom. The SMILES string of the molecule is CCOC(=O)C1=C(C)N=c2s/c(=C/c3ccc(-c4cc([N+](=O)[O-])ccc4OC)o3)c(=O)n2[C@H]1c1cc(OC)ccc1OC. The summed E-state index contributed by atoms with van der Waals surface area (Å²) in [6, 6.07) is 11.7. The number of allylic oxidation sites excluding steroid dienone is 1. The van der Waals surface area contributed by atoms with Gasteiger partial charge in [0.05, 0.1) is 54.2 Å². The number of ether oxygens (including phenoxy) is 4. The molecule has 0 radical (unpaired) electrons. The van der Waals surface area contributed by atoms with Gasteiger partial charge in [-0.15, -0.1) is 0 Å². The van der Waals surface area contributed by atoms with Gasteiger partial charge in [0.25, 0.3) is 11.2 Å². The molecule has 1 aliphatic rings. The van der Waals surface area contributed by atoms with Crippen LogP contribution in [0, 0.1) is 10.1 Å². The predicted octanol–water partition coefficient (Wildman–Crippen LogP) is 3.99. The zero-order valence-corrected chi connectivity index (χ0v) is 24.7. The number of hydrogen-bond donors (Lipinski definition) is 0. The van der Waals surface area contributed by atoms with Gasteiger partial charge in [0, 0.05) is 23.8 Å². The Hall–Kier alpha value is -5.17. The Morgan fingerprint density at radius 2 is 1.84 bits per heavy atom. The molecule has 3 heterocycles. The van der Waals surface area contributed by atoms with Crippen molar-refractivity contribution < 1.29 is 33.1 Å². The van der Waals surface area contributed by atoms with Crippen LogP contribution >= 0.6 is 11.3 Å². The number of nitro benzene ring substituents is 1. The molecule has 5 rings (SSSR count). The maximum absolute atomic E-state index is 14.0. The number of thiazole rings is 1. The molecule has 0 amide bonds. The Morgan fingerprint density at radius 1 is 1.09 bits per heavy atom. The molecule has 0 spiro atoms. The lowest BCUT2D eigenvalue weighted by atomic mass is 9.95. The molecule has 222 valence electrons. The molecular formula is C30H27N3O9S. The van der Waals surface area contributed by atoms with Crippen LogP contribution in [0.5, 0.6) is 17.2 Å². The Bertz CT molecular complexity index is 1950. The number of nitro groups is 1. The van der Waals surface area contributed by atoms with Crippen molar-refractivity contribution in [2.45, 2.75) is 19.9 Å². The van der Waals surface area contributed by atoms with Gasteiger partial charge in [-0.3, -0.25) is 19.5 Å². The van der Waals surface area contributed by atoms with E-state index >= 15 is 0 Å². The summed E-state index contributed by atoms with van der Waals surface area (Å²) in [6.45, 7) is 3.53. The summed E-state index contributed by atoms with van der Waals surface area (Å²) < 4.78 is 29.5. The van der Waals surface area contributed by atoms with Gasteiger partial charge in [0.2, 0.25) is 0 Å². The molecule has 12 nitrogen and oxygen atoms in total. The van der Waals surface area contributed by atoms with Gasteiger partial charge in [0.15, 0.2) is 4.80 Å². The van der Waals surface area contributed by atoms with Gasteiger partial charge in [-0.2, -0.15) is 0 Å². The fraction of sp³-hybridized carbons (Fsp3) is 0.233. The molecule has 4 aromatic rings. The first-order valence-corrected chi connectivity index (χ1v) is 13.9. The van der Waals surface area contributed by atoms with E-state index in [1.54, 1.807) is 50.3 Å². The van der Waals surface area contributed by atoms with Crippen LogP contribution in [-0.4, -0.2) is 43.4 Å². The van der Waals surface area contributed by atoms with Crippen molar-refractivity contribution in [1.82, 2.24) is 4.57 Å². The number of furan rings is 1. The number of esters is 1.